The first kappa shape index (κ1) is 19.7. The molecule has 28 heavy (non-hydrogen) atoms. The first-order valence-electron chi connectivity index (χ1n) is 9.70. The van der Waals surface area contributed by atoms with Crippen LogP contribution in [0.15, 0.2) is 60.7 Å². The lowest BCUT2D eigenvalue weighted by Crippen LogP contribution is -2.39. The molecular weight excluding hydrogens is 350 g/mol. The third-order valence-electron chi connectivity index (χ3n) is 4.55. The summed E-state index contributed by atoms with van der Waals surface area (Å²) in [6.45, 7) is 6.81. The van der Waals surface area contributed by atoms with E-state index >= 15 is 0 Å². The number of aryl methyl sites for hydroxylation is 2. The van der Waals surface area contributed by atoms with Crippen LogP contribution >= 0.6 is 0 Å². The fourth-order valence-corrected chi connectivity index (χ4v) is 3.26. The molecule has 0 bridgehead atoms. The summed E-state index contributed by atoms with van der Waals surface area (Å²) in [6, 6.07) is 20.1. The number of carbonyl (C=O) groups is 1. The number of benzene rings is 3. The van der Waals surface area contributed by atoms with Crippen LogP contribution in [-0.4, -0.2) is 25.2 Å². The Bertz CT molecular complexity index is 926. The quantitative estimate of drug-likeness (QED) is 0.573. The van der Waals surface area contributed by atoms with Crippen LogP contribution in [0.5, 0.6) is 11.5 Å². The molecule has 146 valence electrons. The van der Waals surface area contributed by atoms with Crippen molar-refractivity contribution >= 4 is 16.7 Å². The largest absolute Gasteiger partial charge is 0.491 e. The van der Waals surface area contributed by atoms with Crippen LogP contribution in [0.1, 0.15) is 24.5 Å². The number of fused-ring (bicyclic) bond motifs is 1. The Hall–Kier alpha value is -3.01. The van der Waals surface area contributed by atoms with Gasteiger partial charge in [0, 0.05) is 5.39 Å². The van der Waals surface area contributed by atoms with Crippen LogP contribution in [0.4, 0.5) is 0 Å². The highest BCUT2D eigenvalue weighted by atomic mass is 16.5. The van der Waals surface area contributed by atoms with Gasteiger partial charge in [0.05, 0.1) is 6.54 Å². The van der Waals surface area contributed by atoms with Crippen LogP contribution in [0, 0.1) is 13.8 Å². The number of ether oxygens (including phenoxy) is 2. The molecule has 0 saturated carbocycles. The molecule has 1 N–H and O–H groups in total. The first-order valence-corrected chi connectivity index (χ1v) is 9.70. The van der Waals surface area contributed by atoms with Crippen molar-refractivity contribution < 1.29 is 14.3 Å². The number of nitrogens with one attached hydrogen (secondary N) is 1. The minimum atomic E-state index is -0.515. The van der Waals surface area contributed by atoms with E-state index in [0.29, 0.717) is 19.6 Å². The van der Waals surface area contributed by atoms with Crippen molar-refractivity contribution in [2.45, 2.75) is 33.3 Å². The lowest BCUT2D eigenvalue weighted by molar-refractivity contribution is -0.128. The maximum absolute atomic E-state index is 12.5. The fraction of sp³-hybridized carbons (Fsp3) is 0.292. The monoisotopic (exact) mass is 377 g/mol. The highest BCUT2D eigenvalue weighted by Gasteiger charge is 2.18. The van der Waals surface area contributed by atoms with Gasteiger partial charge in [-0.25, -0.2) is 0 Å². The summed E-state index contributed by atoms with van der Waals surface area (Å²) in [5.74, 6) is 1.43. The first-order chi connectivity index (χ1) is 13.6. The molecule has 0 fully saturated rings. The van der Waals surface area contributed by atoms with Crippen LogP contribution in [0.2, 0.25) is 0 Å². The molecule has 3 aromatic rings. The average molecular weight is 377 g/mol. The van der Waals surface area contributed by atoms with Gasteiger partial charge in [0.15, 0.2) is 6.10 Å². The van der Waals surface area contributed by atoms with Gasteiger partial charge in [0.1, 0.15) is 18.1 Å². The SMILES string of the molecule is CCC(Oc1cc(C)cc(C)c1)C(=O)NCCOc1cccc2ccccc12. The lowest BCUT2D eigenvalue weighted by Gasteiger charge is -2.18. The van der Waals surface area contributed by atoms with Gasteiger partial charge in [-0.05, 0) is 55.0 Å². The molecule has 0 radical (unpaired) electrons. The normalized spacial score (nSPS) is 11.8. The van der Waals surface area contributed by atoms with Crippen molar-refractivity contribution in [2.75, 3.05) is 13.2 Å². The van der Waals surface area contributed by atoms with Gasteiger partial charge < -0.3 is 14.8 Å². The van der Waals surface area contributed by atoms with E-state index in [1.807, 2.05) is 63.2 Å². The fourth-order valence-electron chi connectivity index (χ4n) is 3.26. The molecule has 0 aliphatic carbocycles. The van der Waals surface area contributed by atoms with Gasteiger partial charge in [0.2, 0.25) is 0 Å². The van der Waals surface area contributed by atoms with Crippen LogP contribution < -0.4 is 14.8 Å². The molecule has 0 aliphatic rings. The lowest BCUT2D eigenvalue weighted by atomic mass is 10.1. The molecule has 3 rings (SSSR count). The van der Waals surface area contributed by atoms with E-state index in [4.69, 9.17) is 9.47 Å². The van der Waals surface area contributed by atoms with Crippen LogP contribution in [0.3, 0.4) is 0 Å². The van der Waals surface area contributed by atoms with E-state index in [0.717, 1.165) is 33.4 Å². The Morgan fingerprint density at radius 2 is 1.71 bits per heavy atom. The van der Waals surface area contributed by atoms with Crippen molar-refractivity contribution in [3.63, 3.8) is 0 Å². The zero-order valence-corrected chi connectivity index (χ0v) is 16.7. The summed E-state index contributed by atoms with van der Waals surface area (Å²) in [6.07, 6.45) is 0.0852. The molecule has 0 aromatic heterocycles. The van der Waals surface area contributed by atoms with E-state index < -0.39 is 6.10 Å². The highest BCUT2D eigenvalue weighted by Crippen LogP contribution is 2.25. The maximum atomic E-state index is 12.5. The number of carbonyl (C=O) groups excluding carboxylic acids is 1. The molecule has 0 saturated heterocycles. The molecule has 0 aliphatic heterocycles. The molecule has 0 spiro atoms. The zero-order valence-electron chi connectivity index (χ0n) is 16.7. The zero-order chi connectivity index (χ0) is 19.9. The number of hydrogen-bond acceptors (Lipinski definition) is 3. The van der Waals surface area contributed by atoms with Crippen LogP contribution in [0.25, 0.3) is 10.8 Å². The van der Waals surface area contributed by atoms with Crippen molar-refractivity contribution in [3.8, 4) is 11.5 Å². The van der Waals surface area contributed by atoms with Gasteiger partial charge in [0.25, 0.3) is 5.91 Å². The molecule has 1 atom stereocenters. The Labute approximate surface area is 166 Å². The van der Waals surface area contributed by atoms with E-state index in [9.17, 15) is 4.79 Å². The summed E-state index contributed by atoms with van der Waals surface area (Å²) < 4.78 is 11.8. The van der Waals surface area contributed by atoms with E-state index in [-0.39, 0.29) is 5.91 Å². The second-order valence-electron chi connectivity index (χ2n) is 6.95. The molecule has 4 heteroatoms. The van der Waals surface area contributed by atoms with Gasteiger partial charge >= 0.3 is 0 Å². The number of hydrogen-bond donors (Lipinski definition) is 1. The van der Waals surface area contributed by atoms with Crippen molar-refractivity contribution in [1.29, 1.82) is 0 Å². The third kappa shape index (κ3) is 5.03. The second-order valence-corrected chi connectivity index (χ2v) is 6.95. The summed E-state index contributed by atoms with van der Waals surface area (Å²) in [5, 5.41) is 5.12. The molecule has 1 amide bonds. The Morgan fingerprint density at radius 1 is 1.00 bits per heavy atom. The Balaban J connectivity index is 1.52. The van der Waals surface area contributed by atoms with E-state index in [2.05, 4.69) is 23.5 Å². The predicted molar refractivity (Wildman–Crippen MR) is 113 cm³/mol. The molecule has 0 heterocycles. The van der Waals surface area contributed by atoms with E-state index in [1.54, 1.807) is 0 Å². The number of amides is 1. The molecule has 4 nitrogen and oxygen atoms in total. The number of rotatable bonds is 8. The summed E-state index contributed by atoms with van der Waals surface area (Å²) in [7, 11) is 0. The van der Waals surface area contributed by atoms with E-state index in [1.165, 1.54) is 0 Å². The summed E-state index contributed by atoms with van der Waals surface area (Å²) in [4.78, 5) is 12.5. The molecular formula is C24H27NO3. The van der Waals surface area contributed by atoms with Crippen molar-refractivity contribution in [2.24, 2.45) is 0 Å². The van der Waals surface area contributed by atoms with Gasteiger partial charge in [-0.3, -0.25) is 4.79 Å². The van der Waals surface area contributed by atoms with Crippen molar-refractivity contribution in [3.05, 3.63) is 71.8 Å². The topological polar surface area (TPSA) is 47.6 Å². The standard InChI is InChI=1S/C24H27NO3/c1-4-22(28-20-15-17(2)14-18(3)16-20)24(26)25-12-13-27-23-11-7-9-19-8-5-6-10-21(19)23/h5-11,14-16,22H,4,12-13H2,1-3H3,(H,25,26). The maximum Gasteiger partial charge on any atom is 0.261 e. The second kappa shape index (κ2) is 9.27. The minimum absolute atomic E-state index is 0.122. The average Bonchev–Trinajstić information content (AvgIpc) is 2.68. The van der Waals surface area contributed by atoms with Crippen LogP contribution in [-0.2, 0) is 4.79 Å². The van der Waals surface area contributed by atoms with Gasteiger partial charge in [-0.1, -0.05) is 49.4 Å². The van der Waals surface area contributed by atoms with Crippen molar-refractivity contribution in [1.82, 2.24) is 5.32 Å². The minimum Gasteiger partial charge on any atom is -0.491 e. The molecule has 1 unspecified atom stereocenters. The molecule has 3 aromatic carbocycles. The Kier molecular flexibility index (Phi) is 6.53. The van der Waals surface area contributed by atoms with Gasteiger partial charge in [-0.15, -0.1) is 0 Å². The summed E-state index contributed by atoms with van der Waals surface area (Å²) in [5.41, 5.74) is 2.24. The summed E-state index contributed by atoms with van der Waals surface area (Å²) >= 11 is 0. The van der Waals surface area contributed by atoms with Gasteiger partial charge in [-0.2, -0.15) is 0 Å². The predicted octanol–water partition coefficient (Wildman–Crippen LogP) is 4.81. The third-order valence-corrected chi connectivity index (χ3v) is 4.55. The Morgan fingerprint density at radius 3 is 2.46 bits per heavy atom. The highest BCUT2D eigenvalue weighted by molar-refractivity contribution is 5.88. The smallest absolute Gasteiger partial charge is 0.261 e.